The van der Waals surface area contributed by atoms with Gasteiger partial charge in [0.15, 0.2) is 0 Å². The van der Waals surface area contributed by atoms with Crippen molar-refractivity contribution in [3.05, 3.63) is 60.2 Å². The molecule has 0 aliphatic rings. The third kappa shape index (κ3) is 3.82. The van der Waals surface area contributed by atoms with Gasteiger partial charge in [0.05, 0.1) is 4.90 Å². The van der Waals surface area contributed by atoms with E-state index < -0.39 is 10.1 Å². The third-order valence-electron chi connectivity index (χ3n) is 2.70. The van der Waals surface area contributed by atoms with Crippen molar-refractivity contribution in [2.75, 3.05) is 13.2 Å². The molecule has 4 nitrogen and oxygen atoms in total. The summed E-state index contributed by atoms with van der Waals surface area (Å²) >= 11 is 0. The molecule has 0 spiro atoms. The highest BCUT2D eigenvalue weighted by Gasteiger charge is 2.16. The van der Waals surface area contributed by atoms with E-state index in [2.05, 4.69) is 0 Å². The van der Waals surface area contributed by atoms with Crippen molar-refractivity contribution in [3.63, 3.8) is 0 Å². The van der Waals surface area contributed by atoms with Gasteiger partial charge in [0.1, 0.15) is 19.0 Å². The van der Waals surface area contributed by atoms with Gasteiger partial charge in [-0.3, -0.25) is 4.18 Å². The van der Waals surface area contributed by atoms with Gasteiger partial charge in [-0.2, -0.15) is 8.42 Å². The SMILES string of the molecule is Cc1ccccc1S(=O)(=O)OCCOc1ccccc1. The van der Waals surface area contributed by atoms with Crippen LogP contribution in [0.5, 0.6) is 5.75 Å². The first-order valence-electron chi connectivity index (χ1n) is 6.22. The van der Waals surface area contributed by atoms with Crippen LogP contribution < -0.4 is 4.74 Å². The van der Waals surface area contributed by atoms with Crippen LogP contribution in [0.1, 0.15) is 5.56 Å². The molecule has 0 atom stereocenters. The number of ether oxygens (including phenoxy) is 1. The second-order valence-electron chi connectivity index (χ2n) is 4.20. The van der Waals surface area contributed by atoms with Crippen molar-refractivity contribution < 1.29 is 17.3 Å². The van der Waals surface area contributed by atoms with E-state index in [1.54, 1.807) is 37.3 Å². The molecule has 0 aliphatic heterocycles. The molecule has 2 rings (SSSR count). The maximum absolute atomic E-state index is 12.0. The Morgan fingerprint density at radius 3 is 2.25 bits per heavy atom. The average molecular weight is 292 g/mol. The maximum Gasteiger partial charge on any atom is 0.297 e. The topological polar surface area (TPSA) is 52.6 Å². The van der Waals surface area contributed by atoms with Crippen LogP contribution in [0.4, 0.5) is 0 Å². The quantitative estimate of drug-likeness (QED) is 0.607. The normalized spacial score (nSPS) is 11.2. The largest absolute Gasteiger partial charge is 0.491 e. The van der Waals surface area contributed by atoms with Crippen molar-refractivity contribution in [2.24, 2.45) is 0 Å². The van der Waals surface area contributed by atoms with E-state index in [-0.39, 0.29) is 18.1 Å². The molecule has 0 radical (unpaired) electrons. The molecule has 106 valence electrons. The Morgan fingerprint density at radius 1 is 0.900 bits per heavy atom. The fourth-order valence-corrected chi connectivity index (χ4v) is 2.84. The number of hydrogen-bond acceptors (Lipinski definition) is 4. The van der Waals surface area contributed by atoms with Gasteiger partial charge in [-0.1, -0.05) is 36.4 Å². The number of rotatable bonds is 6. The summed E-state index contributed by atoms with van der Waals surface area (Å²) in [4.78, 5) is 0.194. The van der Waals surface area contributed by atoms with Crippen LogP contribution >= 0.6 is 0 Å². The van der Waals surface area contributed by atoms with E-state index in [0.29, 0.717) is 11.3 Å². The zero-order chi connectivity index (χ0) is 14.4. The number of hydrogen-bond donors (Lipinski definition) is 0. The summed E-state index contributed by atoms with van der Waals surface area (Å²) in [7, 11) is -3.73. The summed E-state index contributed by atoms with van der Waals surface area (Å²) in [5.41, 5.74) is 0.663. The van der Waals surface area contributed by atoms with E-state index in [0.717, 1.165) is 0 Å². The van der Waals surface area contributed by atoms with Gasteiger partial charge in [-0.05, 0) is 30.7 Å². The molecule has 2 aromatic rings. The molecule has 5 heteroatoms. The first kappa shape index (κ1) is 14.6. The van der Waals surface area contributed by atoms with E-state index in [4.69, 9.17) is 8.92 Å². The second kappa shape index (κ2) is 6.54. The van der Waals surface area contributed by atoms with Crippen LogP contribution in [0.3, 0.4) is 0 Å². The average Bonchev–Trinajstić information content (AvgIpc) is 2.45. The molecule has 0 bridgehead atoms. The maximum atomic E-state index is 12.0. The lowest BCUT2D eigenvalue weighted by Gasteiger charge is -2.09. The van der Waals surface area contributed by atoms with Gasteiger partial charge in [-0.25, -0.2) is 0 Å². The van der Waals surface area contributed by atoms with Crippen molar-refractivity contribution in [1.82, 2.24) is 0 Å². The lowest BCUT2D eigenvalue weighted by Crippen LogP contribution is -2.13. The molecular weight excluding hydrogens is 276 g/mol. The Bertz CT molecular complexity index is 651. The van der Waals surface area contributed by atoms with Crippen LogP contribution in [0.25, 0.3) is 0 Å². The molecule has 0 aromatic heterocycles. The minimum atomic E-state index is -3.73. The molecule has 0 saturated carbocycles. The molecule has 0 saturated heterocycles. The summed E-state index contributed by atoms with van der Waals surface area (Å²) in [6, 6.07) is 15.9. The zero-order valence-electron chi connectivity index (χ0n) is 11.2. The Hall–Kier alpha value is -1.85. The standard InChI is InChI=1S/C15H16O4S/c1-13-7-5-6-10-15(13)20(16,17)19-12-11-18-14-8-3-2-4-9-14/h2-10H,11-12H2,1H3. The first-order chi connectivity index (χ1) is 9.59. The fraction of sp³-hybridized carbons (Fsp3) is 0.200. The molecule has 2 aromatic carbocycles. The van der Waals surface area contributed by atoms with Gasteiger partial charge in [0.2, 0.25) is 0 Å². The minimum absolute atomic E-state index is 0.0223. The summed E-state index contributed by atoms with van der Waals surface area (Å²) in [5, 5.41) is 0. The van der Waals surface area contributed by atoms with Gasteiger partial charge in [0, 0.05) is 0 Å². The molecular formula is C15H16O4S. The summed E-state index contributed by atoms with van der Waals surface area (Å²) in [6.45, 7) is 1.89. The molecule has 0 amide bonds. The van der Waals surface area contributed by atoms with Gasteiger partial charge in [0.25, 0.3) is 10.1 Å². The van der Waals surface area contributed by atoms with Crippen LogP contribution in [-0.2, 0) is 14.3 Å². The van der Waals surface area contributed by atoms with Crippen molar-refractivity contribution in [3.8, 4) is 5.75 Å². The Morgan fingerprint density at radius 2 is 1.55 bits per heavy atom. The molecule has 0 aliphatic carbocycles. The molecule has 0 unspecified atom stereocenters. The molecule has 20 heavy (non-hydrogen) atoms. The lowest BCUT2D eigenvalue weighted by atomic mass is 10.2. The monoisotopic (exact) mass is 292 g/mol. The first-order valence-corrected chi connectivity index (χ1v) is 7.63. The molecule has 0 fully saturated rings. The predicted molar refractivity (Wildman–Crippen MR) is 76.3 cm³/mol. The van der Waals surface area contributed by atoms with Crippen molar-refractivity contribution in [2.45, 2.75) is 11.8 Å². The van der Waals surface area contributed by atoms with E-state index >= 15 is 0 Å². The smallest absolute Gasteiger partial charge is 0.297 e. The van der Waals surface area contributed by atoms with Crippen LogP contribution in [-0.4, -0.2) is 21.6 Å². The highest BCUT2D eigenvalue weighted by atomic mass is 32.2. The van der Waals surface area contributed by atoms with Crippen LogP contribution in [0, 0.1) is 6.92 Å². The Labute approximate surface area is 119 Å². The van der Waals surface area contributed by atoms with Gasteiger partial charge >= 0.3 is 0 Å². The molecule has 0 heterocycles. The Balaban J connectivity index is 1.89. The predicted octanol–water partition coefficient (Wildman–Crippen LogP) is 2.78. The summed E-state index contributed by atoms with van der Waals surface area (Å²) < 4.78 is 34.3. The number of para-hydroxylation sites is 1. The number of aryl methyl sites for hydroxylation is 1. The van der Waals surface area contributed by atoms with Crippen LogP contribution in [0.15, 0.2) is 59.5 Å². The second-order valence-corrected chi connectivity index (χ2v) is 5.79. The lowest BCUT2D eigenvalue weighted by molar-refractivity contribution is 0.221. The fourth-order valence-electron chi connectivity index (χ4n) is 1.72. The number of benzene rings is 2. The van der Waals surface area contributed by atoms with Crippen LogP contribution in [0.2, 0.25) is 0 Å². The van der Waals surface area contributed by atoms with Gasteiger partial charge in [-0.15, -0.1) is 0 Å². The van der Waals surface area contributed by atoms with Gasteiger partial charge < -0.3 is 4.74 Å². The Kier molecular flexibility index (Phi) is 4.76. The van der Waals surface area contributed by atoms with E-state index in [1.807, 2.05) is 18.2 Å². The summed E-state index contributed by atoms with van der Waals surface area (Å²) in [5.74, 6) is 0.685. The minimum Gasteiger partial charge on any atom is -0.491 e. The highest BCUT2D eigenvalue weighted by molar-refractivity contribution is 7.86. The van der Waals surface area contributed by atoms with Crippen molar-refractivity contribution >= 4 is 10.1 Å². The highest BCUT2D eigenvalue weighted by Crippen LogP contribution is 2.16. The van der Waals surface area contributed by atoms with E-state index in [1.165, 1.54) is 6.07 Å². The molecule has 0 N–H and O–H groups in total. The van der Waals surface area contributed by atoms with E-state index in [9.17, 15) is 8.42 Å². The zero-order valence-corrected chi connectivity index (χ0v) is 12.0. The third-order valence-corrected chi connectivity index (χ3v) is 4.17. The summed E-state index contributed by atoms with van der Waals surface area (Å²) in [6.07, 6.45) is 0. The van der Waals surface area contributed by atoms with Crippen molar-refractivity contribution in [1.29, 1.82) is 0 Å².